The van der Waals surface area contributed by atoms with Crippen LogP contribution in [0.3, 0.4) is 0 Å². The molecule has 1 aromatic carbocycles. The average molecular weight is 251 g/mol. The molecule has 0 saturated heterocycles. The third kappa shape index (κ3) is 1.75. The van der Waals surface area contributed by atoms with Gasteiger partial charge in [-0.1, -0.05) is 28.1 Å². The van der Waals surface area contributed by atoms with E-state index in [0.29, 0.717) is 0 Å². The summed E-state index contributed by atoms with van der Waals surface area (Å²) >= 11 is 3.42. The predicted molar refractivity (Wildman–Crippen MR) is 61.3 cm³/mol. The summed E-state index contributed by atoms with van der Waals surface area (Å²) in [5, 5.41) is 0. The van der Waals surface area contributed by atoms with Gasteiger partial charge in [-0.25, -0.2) is 0 Å². The zero-order valence-electron chi connectivity index (χ0n) is 8.17. The summed E-state index contributed by atoms with van der Waals surface area (Å²) in [5.74, 6) is 1.94. The number of halogens is 1. The van der Waals surface area contributed by atoms with Crippen molar-refractivity contribution in [2.75, 3.05) is 0 Å². The lowest BCUT2D eigenvalue weighted by Gasteiger charge is -1.98. The predicted octanol–water partition coefficient (Wildman–Crippen LogP) is 4.33. The van der Waals surface area contributed by atoms with Crippen LogP contribution in [0.5, 0.6) is 0 Å². The van der Waals surface area contributed by atoms with Crippen molar-refractivity contribution in [1.29, 1.82) is 0 Å². The summed E-state index contributed by atoms with van der Waals surface area (Å²) < 4.78 is 6.58. The van der Waals surface area contributed by atoms with Gasteiger partial charge in [0.2, 0.25) is 0 Å². The van der Waals surface area contributed by atoms with Crippen LogP contribution in [-0.4, -0.2) is 0 Å². The summed E-state index contributed by atoms with van der Waals surface area (Å²) in [4.78, 5) is 0. The third-order valence-corrected chi connectivity index (χ3v) is 2.72. The zero-order chi connectivity index (χ0) is 10.1. The van der Waals surface area contributed by atoms with Crippen LogP contribution in [0.4, 0.5) is 0 Å². The molecule has 0 saturated carbocycles. The second-order valence-electron chi connectivity index (χ2n) is 3.33. The van der Waals surface area contributed by atoms with E-state index in [1.54, 1.807) is 0 Å². The number of hydrogen-bond acceptors (Lipinski definition) is 1. The van der Waals surface area contributed by atoms with E-state index >= 15 is 0 Å². The smallest absolute Gasteiger partial charge is 0.108 e. The first-order valence-corrected chi connectivity index (χ1v) is 5.29. The van der Waals surface area contributed by atoms with E-state index in [1.165, 1.54) is 11.1 Å². The first kappa shape index (κ1) is 9.53. The highest BCUT2D eigenvalue weighted by atomic mass is 79.9. The number of aryl methyl sites for hydroxylation is 2. The Balaban J connectivity index is 2.49. The molecule has 0 aliphatic carbocycles. The lowest BCUT2D eigenvalue weighted by molar-refractivity contribution is 0.505. The Labute approximate surface area is 91.9 Å². The maximum atomic E-state index is 5.49. The van der Waals surface area contributed by atoms with Gasteiger partial charge in [-0.15, -0.1) is 0 Å². The summed E-state index contributed by atoms with van der Waals surface area (Å²) in [6.07, 6.45) is 0. The zero-order valence-corrected chi connectivity index (χ0v) is 9.76. The molecule has 0 unspecified atom stereocenters. The van der Waals surface area contributed by atoms with E-state index in [-0.39, 0.29) is 0 Å². The van der Waals surface area contributed by atoms with Crippen LogP contribution in [0.1, 0.15) is 11.5 Å². The SMILES string of the molecule is Cc1cc(-c2ccc(Br)cc2)c(C)o1. The van der Waals surface area contributed by atoms with Crippen molar-refractivity contribution in [3.63, 3.8) is 0 Å². The summed E-state index contributed by atoms with van der Waals surface area (Å²) in [5.41, 5.74) is 2.37. The number of benzene rings is 1. The van der Waals surface area contributed by atoms with Gasteiger partial charge < -0.3 is 4.42 Å². The molecule has 0 radical (unpaired) electrons. The Morgan fingerprint density at radius 2 is 1.71 bits per heavy atom. The first-order chi connectivity index (χ1) is 6.66. The van der Waals surface area contributed by atoms with Gasteiger partial charge in [0.1, 0.15) is 11.5 Å². The minimum Gasteiger partial charge on any atom is -0.466 e. The van der Waals surface area contributed by atoms with Crippen LogP contribution in [0.15, 0.2) is 39.2 Å². The van der Waals surface area contributed by atoms with Crippen LogP contribution in [0.2, 0.25) is 0 Å². The van der Waals surface area contributed by atoms with Gasteiger partial charge in [0, 0.05) is 10.0 Å². The standard InChI is InChI=1S/C12H11BrO/c1-8-7-12(9(2)14-8)10-3-5-11(13)6-4-10/h3-7H,1-2H3. The third-order valence-electron chi connectivity index (χ3n) is 2.20. The molecular formula is C12H11BrO. The molecule has 0 amide bonds. The molecule has 1 heterocycles. The lowest BCUT2D eigenvalue weighted by Crippen LogP contribution is -1.76. The van der Waals surface area contributed by atoms with Crippen molar-refractivity contribution in [2.24, 2.45) is 0 Å². The summed E-state index contributed by atoms with van der Waals surface area (Å²) in [6, 6.07) is 10.3. The summed E-state index contributed by atoms with van der Waals surface area (Å²) in [7, 11) is 0. The van der Waals surface area contributed by atoms with E-state index in [1.807, 2.05) is 26.0 Å². The molecular weight excluding hydrogens is 240 g/mol. The highest BCUT2D eigenvalue weighted by Gasteiger charge is 2.06. The Morgan fingerprint density at radius 1 is 1.07 bits per heavy atom. The molecule has 0 aliphatic rings. The molecule has 14 heavy (non-hydrogen) atoms. The molecule has 1 nitrogen and oxygen atoms in total. The minimum atomic E-state index is 0.959. The molecule has 0 aliphatic heterocycles. The van der Waals surface area contributed by atoms with Crippen molar-refractivity contribution < 1.29 is 4.42 Å². The maximum absolute atomic E-state index is 5.49. The first-order valence-electron chi connectivity index (χ1n) is 4.50. The normalized spacial score (nSPS) is 10.5. The fourth-order valence-corrected chi connectivity index (χ4v) is 1.81. The van der Waals surface area contributed by atoms with Crippen LogP contribution in [-0.2, 0) is 0 Å². The Kier molecular flexibility index (Phi) is 2.46. The average Bonchev–Trinajstić information content (AvgIpc) is 2.47. The van der Waals surface area contributed by atoms with Crippen molar-refractivity contribution in [1.82, 2.24) is 0 Å². The fraction of sp³-hybridized carbons (Fsp3) is 0.167. The van der Waals surface area contributed by atoms with Crippen LogP contribution in [0.25, 0.3) is 11.1 Å². The van der Waals surface area contributed by atoms with Gasteiger partial charge in [-0.3, -0.25) is 0 Å². The van der Waals surface area contributed by atoms with Crippen LogP contribution in [0, 0.1) is 13.8 Å². The van der Waals surface area contributed by atoms with Gasteiger partial charge in [0.05, 0.1) is 0 Å². The molecule has 72 valence electrons. The molecule has 1 aromatic heterocycles. The Bertz CT molecular complexity index is 440. The van der Waals surface area contributed by atoms with Crippen LogP contribution >= 0.6 is 15.9 Å². The van der Waals surface area contributed by atoms with Crippen molar-refractivity contribution >= 4 is 15.9 Å². The molecule has 0 spiro atoms. The lowest BCUT2D eigenvalue weighted by atomic mass is 10.1. The van der Waals surface area contributed by atoms with E-state index in [9.17, 15) is 0 Å². The van der Waals surface area contributed by atoms with E-state index in [2.05, 4.69) is 34.1 Å². The molecule has 2 heteroatoms. The minimum absolute atomic E-state index is 0.959. The van der Waals surface area contributed by atoms with Crippen LogP contribution < -0.4 is 0 Å². The Morgan fingerprint density at radius 3 is 2.21 bits per heavy atom. The topological polar surface area (TPSA) is 13.1 Å². The Hall–Kier alpha value is -1.02. The van der Waals surface area contributed by atoms with E-state index in [0.717, 1.165) is 16.0 Å². The van der Waals surface area contributed by atoms with Crippen molar-refractivity contribution in [3.05, 3.63) is 46.3 Å². The fourth-order valence-electron chi connectivity index (χ4n) is 1.55. The summed E-state index contributed by atoms with van der Waals surface area (Å²) in [6.45, 7) is 3.96. The van der Waals surface area contributed by atoms with Gasteiger partial charge >= 0.3 is 0 Å². The van der Waals surface area contributed by atoms with Crippen molar-refractivity contribution in [3.8, 4) is 11.1 Å². The molecule has 2 rings (SSSR count). The van der Waals surface area contributed by atoms with Gasteiger partial charge in [-0.05, 0) is 37.6 Å². The maximum Gasteiger partial charge on any atom is 0.108 e. The quantitative estimate of drug-likeness (QED) is 0.735. The molecule has 2 aromatic rings. The van der Waals surface area contributed by atoms with Gasteiger partial charge in [0.25, 0.3) is 0 Å². The van der Waals surface area contributed by atoms with Gasteiger partial charge in [-0.2, -0.15) is 0 Å². The largest absolute Gasteiger partial charge is 0.466 e. The van der Waals surface area contributed by atoms with E-state index in [4.69, 9.17) is 4.42 Å². The number of furan rings is 1. The van der Waals surface area contributed by atoms with Crippen molar-refractivity contribution in [2.45, 2.75) is 13.8 Å². The monoisotopic (exact) mass is 250 g/mol. The van der Waals surface area contributed by atoms with Gasteiger partial charge in [0.15, 0.2) is 0 Å². The highest BCUT2D eigenvalue weighted by molar-refractivity contribution is 9.10. The highest BCUT2D eigenvalue weighted by Crippen LogP contribution is 2.27. The molecule has 0 atom stereocenters. The second-order valence-corrected chi connectivity index (χ2v) is 4.25. The number of hydrogen-bond donors (Lipinski definition) is 0. The molecule has 0 N–H and O–H groups in total. The number of rotatable bonds is 1. The van der Waals surface area contributed by atoms with E-state index < -0.39 is 0 Å². The second kappa shape index (κ2) is 3.62. The molecule has 0 fully saturated rings. The molecule has 0 bridgehead atoms.